The Balaban J connectivity index is 0.00000116. The fraction of sp³-hybridized carbons (Fsp3) is 0.442. The highest BCUT2D eigenvalue weighted by atomic mass is 19.3. The highest BCUT2D eigenvalue weighted by Crippen LogP contribution is 2.27. The van der Waals surface area contributed by atoms with Gasteiger partial charge in [-0.2, -0.15) is 0 Å². The number of allylic oxidation sites excluding steroid dienone is 1. The number of hydrogen-bond donors (Lipinski definition) is 0. The third kappa shape index (κ3) is 12.8. The molecular weight excluding hydrogens is 596 g/mol. The Morgan fingerprint density at radius 2 is 1.52 bits per heavy atom. The van der Waals surface area contributed by atoms with Crippen molar-refractivity contribution in [3.05, 3.63) is 131 Å². The van der Waals surface area contributed by atoms with E-state index in [2.05, 4.69) is 115 Å². The third-order valence-corrected chi connectivity index (χ3v) is 9.25. The van der Waals surface area contributed by atoms with Crippen LogP contribution in [-0.4, -0.2) is 36.4 Å². The Bertz CT molecular complexity index is 1400. The highest BCUT2D eigenvalue weighted by Gasteiger charge is 2.20. The maximum Gasteiger partial charge on any atom is 0.238 e. The van der Waals surface area contributed by atoms with Crippen LogP contribution in [0.2, 0.25) is 0 Å². The zero-order valence-corrected chi connectivity index (χ0v) is 30.2. The van der Waals surface area contributed by atoms with Gasteiger partial charge >= 0.3 is 0 Å². The molecular formula is C43H59F2N3. The summed E-state index contributed by atoms with van der Waals surface area (Å²) in [5, 5.41) is 0. The summed E-state index contributed by atoms with van der Waals surface area (Å²) in [6, 6.07) is 22.7. The molecule has 1 saturated heterocycles. The predicted octanol–water partition coefficient (Wildman–Crippen LogP) is 11.2. The van der Waals surface area contributed by atoms with E-state index in [4.69, 9.17) is 0 Å². The maximum absolute atomic E-state index is 10.8. The molecule has 260 valence electrons. The molecule has 3 aromatic rings. The van der Waals surface area contributed by atoms with Gasteiger partial charge in [-0.05, 0) is 118 Å². The molecule has 48 heavy (non-hydrogen) atoms. The summed E-state index contributed by atoms with van der Waals surface area (Å²) >= 11 is 0. The van der Waals surface area contributed by atoms with Crippen LogP contribution >= 0.6 is 0 Å². The largest absolute Gasteiger partial charge is 0.325 e. The van der Waals surface area contributed by atoms with Gasteiger partial charge in [0, 0.05) is 44.1 Å². The van der Waals surface area contributed by atoms with Gasteiger partial charge in [-0.3, -0.25) is 9.80 Å². The van der Waals surface area contributed by atoms with Crippen LogP contribution < -0.4 is 4.90 Å². The summed E-state index contributed by atoms with van der Waals surface area (Å²) in [5.74, 6) is 0.849. The Morgan fingerprint density at radius 1 is 0.896 bits per heavy atom. The Kier molecular flexibility index (Phi) is 16.8. The highest BCUT2D eigenvalue weighted by molar-refractivity contribution is 5.58. The molecule has 0 atom stereocenters. The minimum Gasteiger partial charge on any atom is -0.325 e. The monoisotopic (exact) mass is 655 g/mol. The van der Waals surface area contributed by atoms with E-state index in [1.165, 1.54) is 84.6 Å². The molecule has 0 N–H and O–H groups in total. The van der Waals surface area contributed by atoms with Gasteiger partial charge < -0.3 is 4.90 Å². The number of benzene rings is 3. The first-order valence-electron chi connectivity index (χ1n) is 17.8. The van der Waals surface area contributed by atoms with E-state index in [0.717, 1.165) is 44.1 Å². The lowest BCUT2D eigenvalue weighted by atomic mass is 9.90. The van der Waals surface area contributed by atoms with Crippen LogP contribution in [0.5, 0.6) is 0 Å². The average molecular weight is 656 g/mol. The molecule has 0 saturated carbocycles. The number of halogens is 2. The molecule has 0 radical (unpaired) electrons. The van der Waals surface area contributed by atoms with E-state index in [1.807, 2.05) is 25.4 Å². The second-order valence-electron chi connectivity index (χ2n) is 13.2. The van der Waals surface area contributed by atoms with E-state index >= 15 is 0 Å². The quantitative estimate of drug-likeness (QED) is 0.152. The van der Waals surface area contributed by atoms with Gasteiger partial charge in [0.05, 0.1) is 0 Å². The Morgan fingerprint density at radius 3 is 2.08 bits per heavy atom. The normalized spacial score (nSPS) is 13.9. The van der Waals surface area contributed by atoms with Crippen LogP contribution in [0.15, 0.2) is 92.3 Å². The van der Waals surface area contributed by atoms with Crippen LogP contribution in [0.3, 0.4) is 0 Å². The molecule has 1 heterocycles. The molecule has 0 aliphatic carbocycles. The first kappa shape index (κ1) is 38.9. The lowest BCUT2D eigenvalue weighted by Crippen LogP contribution is -2.33. The predicted molar refractivity (Wildman–Crippen MR) is 203 cm³/mol. The molecule has 1 fully saturated rings. The zero-order chi connectivity index (χ0) is 34.9. The third-order valence-electron chi connectivity index (χ3n) is 9.25. The number of likely N-dealkylation sites (tertiary alicyclic amines) is 1. The van der Waals surface area contributed by atoms with E-state index < -0.39 is 6.43 Å². The number of rotatable bonds is 16. The first-order chi connectivity index (χ1) is 23.2. The van der Waals surface area contributed by atoms with Crippen molar-refractivity contribution in [1.82, 2.24) is 9.80 Å². The molecule has 5 heteroatoms. The summed E-state index contributed by atoms with van der Waals surface area (Å²) in [6.45, 7) is 21.3. The molecule has 3 nitrogen and oxygen atoms in total. The van der Waals surface area contributed by atoms with Crippen LogP contribution in [0.25, 0.3) is 6.08 Å². The Hall–Kier alpha value is -3.54. The van der Waals surface area contributed by atoms with Crippen molar-refractivity contribution >= 4 is 11.8 Å². The summed E-state index contributed by atoms with van der Waals surface area (Å²) in [7, 11) is 2.23. The Labute approximate surface area is 290 Å². The van der Waals surface area contributed by atoms with Crippen LogP contribution in [0, 0.1) is 12.8 Å². The minimum absolute atomic E-state index is 0.0278. The fourth-order valence-electron chi connectivity index (χ4n) is 6.51. The van der Waals surface area contributed by atoms with Gasteiger partial charge in [-0.25, -0.2) is 8.78 Å². The number of nitrogens with zero attached hydrogens (tertiary/aromatic N) is 3. The minimum atomic E-state index is -2.12. The molecule has 4 rings (SSSR count). The SMILES string of the molecule is C=Cc1c(CC)cc(CN2CCC(CCCc3ccc(N(C=C)/C=C\C)cc3)CC2)cc1CN(C)Cc1ccc(C)cc1.CCC(F)F. The standard InChI is InChI=1S/C40H53N3.C3H6F2/c1-7-24-43(10-4)39-20-18-33(19-21-39)12-11-13-34-22-25-42(26-23-34)30-36-27-37(8-2)40(9-3)38(28-36)31-41(6)29-35-16-14-32(5)15-17-35;1-2-3(4)5/h7,9-10,14-21,24,27-28,34H,3-4,8,11-13,22-23,25-26,29-31H2,1-2,5-6H3;3H,2H2,1H3/b24-7-;. The van der Waals surface area contributed by atoms with Crippen molar-refractivity contribution < 1.29 is 8.78 Å². The second kappa shape index (κ2) is 20.7. The van der Waals surface area contributed by atoms with Gasteiger partial charge in [-0.15, -0.1) is 0 Å². The van der Waals surface area contributed by atoms with Crippen LogP contribution in [0.1, 0.15) is 91.8 Å². The van der Waals surface area contributed by atoms with Gasteiger partial charge in [0.15, 0.2) is 0 Å². The summed E-state index contributed by atoms with van der Waals surface area (Å²) < 4.78 is 21.5. The smallest absolute Gasteiger partial charge is 0.238 e. The lowest BCUT2D eigenvalue weighted by molar-refractivity contribution is 0.144. The number of anilines is 1. The van der Waals surface area contributed by atoms with Crippen molar-refractivity contribution in [2.75, 3.05) is 25.0 Å². The van der Waals surface area contributed by atoms with Crippen molar-refractivity contribution in [3.63, 3.8) is 0 Å². The van der Waals surface area contributed by atoms with Gasteiger partial charge in [0.2, 0.25) is 6.43 Å². The number of aryl methyl sites for hydroxylation is 3. The van der Waals surface area contributed by atoms with Crippen LogP contribution in [-0.2, 0) is 32.5 Å². The van der Waals surface area contributed by atoms with E-state index in [9.17, 15) is 8.78 Å². The van der Waals surface area contributed by atoms with Gasteiger partial charge in [0.25, 0.3) is 0 Å². The van der Waals surface area contributed by atoms with E-state index in [0.29, 0.717) is 0 Å². The fourth-order valence-corrected chi connectivity index (χ4v) is 6.51. The van der Waals surface area contributed by atoms with Gasteiger partial charge in [0.1, 0.15) is 0 Å². The topological polar surface area (TPSA) is 9.72 Å². The van der Waals surface area contributed by atoms with Crippen molar-refractivity contribution in [2.45, 2.75) is 98.7 Å². The van der Waals surface area contributed by atoms with Crippen molar-refractivity contribution in [2.24, 2.45) is 5.92 Å². The summed E-state index contributed by atoms with van der Waals surface area (Å²) in [5.41, 5.74) is 10.9. The number of hydrogen-bond acceptors (Lipinski definition) is 3. The first-order valence-corrected chi connectivity index (χ1v) is 17.8. The summed E-state index contributed by atoms with van der Waals surface area (Å²) in [4.78, 5) is 7.16. The number of alkyl halides is 2. The summed E-state index contributed by atoms with van der Waals surface area (Å²) in [6.07, 6.45) is 13.3. The molecule has 3 aromatic carbocycles. The van der Waals surface area contributed by atoms with Crippen LogP contribution in [0.4, 0.5) is 14.5 Å². The molecule has 1 aliphatic rings. The molecule has 1 aliphatic heterocycles. The molecule has 0 spiro atoms. The second-order valence-corrected chi connectivity index (χ2v) is 13.2. The van der Waals surface area contributed by atoms with Crippen molar-refractivity contribution in [1.29, 1.82) is 0 Å². The molecule has 0 aromatic heterocycles. The average Bonchev–Trinajstić information content (AvgIpc) is 3.09. The molecule has 0 unspecified atom stereocenters. The molecule has 0 amide bonds. The van der Waals surface area contributed by atoms with E-state index in [-0.39, 0.29) is 6.42 Å². The number of piperidine rings is 1. The van der Waals surface area contributed by atoms with E-state index in [1.54, 1.807) is 0 Å². The van der Waals surface area contributed by atoms with Crippen molar-refractivity contribution in [3.8, 4) is 0 Å². The zero-order valence-electron chi connectivity index (χ0n) is 30.2. The lowest BCUT2D eigenvalue weighted by Gasteiger charge is -2.32. The maximum atomic E-state index is 10.8. The van der Waals surface area contributed by atoms with Gasteiger partial charge in [-0.1, -0.05) is 99.7 Å². The molecule has 0 bridgehead atoms.